The van der Waals surface area contributed by atoms with Gasteiger partial charge in [0.15, 0.2) is 0 Å². The number of carbonyl (C=O) groups excluding carboxylic acids is 2. The molecule has 0 unspecified atom stereocenters. The number of alkyl carbamates (subject to hydrolysis) is 1. The summed E-state index contributed by atoms with van der Waals surface area (Å²) in [5.74, 6) is -2.22. The van der Waals surface area contributed by atoms with Crippen molar-refractivity contribution in [2.75, 3.05) is 7.11 Å². The Balaban J connectivity index is 1.63. The fraction of sp³-hybridized carbons (Fsp3) is 0.211. The summed E-state index contributed by atoms with van der Waals surface area (Å²) in [4.78, 5) is 30.5. The largest absolute Gasteiger partial charge is 0.496 e. The molecule has 1 aromatic carbocycles. The van der Waals surface area contributed by atoms with Crippen LogP contribution >= 0.6 is 0 Å². The predicted octanol–water partition coefficient (Wildman–Crippen LogP) is 2.68. The van der Waals surface area contributed by atoms with Crippen LogP contribution < -0.4 is 15.8 Å². The van der Waals surface area contributed by atoms with Gasteiger partial charge in [-0.15, -0.1) is 0 Å². The molecule has 0 aliphatic carbocycles. The number of nitrogens with zero attached hydrogens (tertiary/aromatic N) is 3. The number of methoxy groups -OCH3 is 1. The molecule has 2 heterocycles. The third-order valence-corrected chi connectivity index (χ3v) is 4.12. The number of carbonyl (C=O) groups is 2. The number of alkyl halides is 3. The van der Waals surface area contributed by atoms with Crippen LogP contribution in [0.2, 0.25) is 0 Å². The Hall–Kier alpha value is -4.16. The minimum absolute atomic E-state index is 0.00676. The number of ether oxygens (including phenoxy) is 2. The summed E-state index contributed by atoms with van der Waals surface area (Å²) in [7, 11) is 1.35. The second-order valence-electron chi connectivity index (χ2n) is 6.25. The lowest BCUT2D eigenvalue weighted by atomic mass is 10.1. The first kappa shape index (κ1) is 22.5. The van der Waals surface area contributed by atoms with Gasteiger partial charge in [0.25, 0.3) is 5.91 Å². The first-order chi connectivity index (χ1) is 15.2. The minimum Gasteiger partial charge on any atom is -0.496 e. The monoisotopic (exact) mass is 451 g/mol. The lowest BCUT2D eigenvalue weighted by Gasteiger charge is -2.12. The number of halogens is 3. The molecule has 13 heteroatoms. The van der Waals surface area contributed by atoms with Crippen molar-refractivity contribution >= 4 is 12.0 Å². The van der Waals surface area contributed by atoms with E-state index in [1.165, 1.54) is 31.5 Å². The Labute approximate surface area is 178 Å². The maximum atomic E-state index is 12.6. The molecule has 3 N–H and O–H groups in total. The molecule has 3 aromatic rings. The van der Waals surface area contributed by atoms with E-state index in [0.29, 0.717) is 11.1 Å². The van der Waals surface area contributed by atoms with E-state index < -0.39 is 24.1 Å². The molecule has 0 saturated heterocycles. The standard InChI is InChI=1S/C19H16F3N5O5/c1-30-13-7-10(16-26-17(32-27-16)19(20,21)22)4-5-11(13)8-25-18(29)31-9-12-3-2-6-24-14(12)15(23)28/h2-7H,8-9H2,1H3,(H2,23,28)(H,25,29). The zero-order valence-electron chi connectivity index (χ0n) is 16.5. The SMILES string of the molecule is COc1cc(-c2noc(C(F)(F)F)n2)ccc1CNC(=O)OCc1cccnc1C(N)=O. The van der Waals surface area contributed by atoms with Crippen molar-refractivity contribution in [3.05, 3.63) is 59.2 Å². The predicted molar refractivity (Wildman–Crippen MR) is 101 cm³/mol. The van der Waals surface area contributed by atoms with Gasteiger partial charge >= 0.3 is 18.2 Å². The van der Waals surface area contributed by atoms with Gasteiger partial charge in [0.1, 0.15) is 18.1 Å². The summed E-state index contributed by atoms with van der Waals surface area (Å²) in [5, 5.41) is 5.81. The third-order valence-electron chi connectivity index (χ3n) is 4.12. The molecule has 0 bridgehead atoms. The number of pyridine rings is 1. The Morgan fingerprint density at radius 3 is 2.66 bits per heavy atom. The molecule has 0 saturated carbocycles. The van der Waals surface area contributed by atoms with Crippen molar-refractivity contribution in [1.82, 2.24) is 20.4 Å². The maximum Gasteiger partial charge on any atom is 0.471 e. The van der Waals surface area contributed by atoms with Crippen molar-refractivity contribution in [2.24, 2.45) is 5.73 Å². The first-order valence-electron chi connectivity index (χ1n) is 8.91. The smallest absolute Gasteiger partial charge is 0.471 e. The van der Waals surface area contributed by atoms with E-state index >= 15 is 0 Å². The second kappa shape index (κ2) is 9.32. The van der Waals surface area contributed by atoms with Gasteiger partial charge in [-0.1, -0.05) is 23.4 Å². The third kappa shape index (κ3) is 5.30. The molecule has 32 heavy (non-hydrogen) atoms. The summed E-state index contributed by atoms with van der Waals surface area (Å²) in [6, 6.07) is 7.48. The van der Waals surface area contributed by atoms with Crippen LogP contribution in [0.15, 0.2) is 41.1 Å². The number of aromatic nitrogens is 3. The summed E-state index contributed by atoms with van der Waals surface area (Å²) in [5.41, 5.74) is 6.29. The highest BCUT2D eigenvalue weighted by molar-refractivity contribution is 5.92. The van der Waals surface area contributed by atoms with Crippen molar-refractivity contribution in [3.8, 4) is 17.1 Å². The second-order valence-corrected chi connectivity index (χ2v) is 6.25. The van der Waals surface area contributed by atoms with Gasteiger partial charge in [-0.3, -0.25) is 9.78 Å². The highest BCUT2D eigenvalue weighted by Crippen LogP contribution is 2.31. The van der Waals surface area contributed by atoms with Crippen molar-refractivity contribution in [2.45, 2.75) is 19.3 Å². The zero-order valence-corrected chi connectivity index (χ0v) is 16.5. The molecule has 0 spiro atoms. The molecule has 0 aliphatic rings. The van der Waals surface area contributed by atoms with Crippen LogP contribution in [0.25, 0.3) is 11.4 Å². The highest BCUT2D eigenvalue weighted by atomic mass is 19.4. The van der Waals surface area contributed by atoms with Gasteiger partial charge in [-0.05, 0) is 12.1 Å². The molecular weight excluding hydrogens is 435 g/mol. The van der Waals surface area contributed by atoms with Crippen LogP contribution in [-0.2, 0) is 24.1 Å². The molecule has 2 aromatic heterocycles. The van der Waals surface area contributed by atoms with Crippen molar-refractivity contribution < 1.29 is 36.8 Å². The molecule has 168 valence electrons. The molecule has 10 nitrogen and oxygen atoms in total. The fourth-order valence-electron chi connectivity index (χ4n) is 2.62. The number of nitrogens with two attached hydrogens (primary N) is 1. The lowest BCUT2D eigenvalue weighted by Crippen LogP contribution is -2.24. The number of hydrogen-bond donors (Lipinski definition) is 2. The Morgan fingerprint density at radius 1 is 1.22 bits per heavy atom. The van der Waals surface area contributed by atoms with Crippen LogP contribution in [-0.4, -0.2) is 34.2 Å². The average molecular weight is 451 g/mol. The summed E-state index contributed by atoms with van der Waals surface area (Å²) < 4.78 is 52.4. The van der Waals surface area contributed by atoms with Crippen LogP contribution in [0, 0.1) is 0 Å². The molecule has 0 aliphatic heterocycles. The molecule has 3 rings (SSSR count). The van der Waals surface area contributed by atoms with Gasteiger partial charge in [0.05, 0.1) is 7.11 Å². The number of nitrogens with one attached hydrogen (secondary N) is 1. The Kier molecular flexibility index (Phi) is 6.56. The minimum atomic E-state index is -4.76. The van der Waals surface area contributed by atoms with E-state index in [-0.39, 0.29) is 36.0 Å². The topological polar surface area (TPSA) is 142 Å². The number of hydrogen-bond acceptors (Lipinski definition) is 8. The highest BCUT2D eigenvalue weighted by Gasteiger charge is 2.38. The van der Waals surface area contributed by atoms with E-state index in [2.05, 4.69) is 25.0 Å². The van der Waals surface area contributed by atoms with Crippen molar-refractivity contribution in [3.63, 3.8) is 0 Å². The quantitative estimate of drug-likeness (QED) is 0.558. The van der Waals surface area contributed by atoms with E-state index in [0.717, 1.165) is 0 Å². The van der Waals surface area contributed by atoms with Gasteiger partial charge in [-0.25, -0.2) is 4.79 Å². The maximum absolute atomic E-state index is 12.6. The van der Waals surface area contributed by atoms with Crippen LogP contribution in [0.3, 0.4) is 0 Å². The summed E-state index contributed by atoms with van der Waals surface area (Å²) in [6.45, 7) is -0.245. The number of primary amides is 1. The van der Waals surface area contributed by atoms with Gasteiger partial charge in [-0.2, -0.15) is 18.2 Å². The molecule has 0 radical (unpaired) electrons. The van der Waals surface area contributed by atoms with Gasteiger partial charge in [0, 0.05) is 29.4 Å². The van der Waals surface area contributed by atoms with Crippen LogP contribution in [0.5, 0.6) is 5.75 Å². The number of amides is 2. The normalized spacial score (nSPS) is 11.1. The summed E-state index contributed by atoms with van der Waals surface area (Å²) in [6.07, 6.45) is -4.16. The van der Waals surface area contributed by atoms with Crippen molar-refractivity contribution in [1.29, 1.82) is 0 Å². The Morgan fingerprint density at radius 2 is 2.00 bits per heavy atom. The Bertz CT molecular complexity index is 1130. The number of rotatable bonds is 7. The molecule has 2 amide bonds. The van der Waals surface area contributed by atoms with E-state index in [4.69, 9.17) is 15.2 Å². The van der Waals surface area contributed by atoms with E-state index in [1.807, 2.05) is 0 Å². The van der Waals surface area contributed by atoms with E-state index in [1.54, 1.807) is 12.1 Å². The first-order valence-corrected chi connectivity index (χ1v) is 8.91. The van der Waals surface area contributed by atoms with Crippen LogP contribution in [0.4, 0.5) is 18.0 Å². The van der Waals surface area contributed by atoms with Gasteiger partial charge < -0.3 is 25.0 Å². The van der Waals surface area contributed by atoms with E-state index in [9.17, 15) is 22.8 Å². The zero-order chi connectivity index (χ0) is 23.3. The summed E-state index contributed by atoms with van der Waals surface area (Å²) >= 11 is 0. The molecule has 0 atom stereocenters. The fourth-order valence-corrected chi connectivity index (χ4v) is 2.62. The van der Waals surface area contributed by atoms with Crippen LogP contribution in [0.1, 0.15) is 27.5 Å². The average Bonchev–Trinajstić information content (AvgIpc) is 3.27. The molecular formula is C19H16F3N5O5. The van der Waals surface area contributed by atoms with Gasteiger partial charge in [0.2, 0.25) is 5.82 Å². The molecule has 0 fully saturated rings. The lowest BCUT2D eigenvalue weighted by molar-refractivity contribution is -0.159. The number of benzene rings is 1.